The molecular weight excluding hydrogens is 198 g/mol. The van der Waals surface area contributed by atoms with Crippen LogP contribution in [0.3, 0.4) is 0 Å². The van der Waals surface area contributed by atoms with E-state index in [2.05, 4.69) is 22.6 Å². The zero-order valence-corrected chi connectivity index (χ0v) is 8.52. The van der Waals surface area contributed by atoms with E-state index in [0.29, 0.717) is 24.8 Å². The van der Waals surface area contributed by atoms with E-state index in [1.807, 2.05) is 0 Å². The summed E-state index contributed by atoms with van der Waals surface area (Å²) in [6, 6.07) is 1.74. The Kier molecular flexibility index (Phi) is 2.67. The second-order valence-electron chi connectivity index (χ2n) is 3.31. The number of thiol groups is 1. The second kappa shape index (κ2) is 3.96. The molecule has 1 aromatic rings. The quantitative estimate of drug-likeness (QED) is 0.731. The molecule has 2 heterocycles. The molecule has 4 nitrogen and oxygen atoms in total. The van der Waals surface area contributed by atoms with Gasteiger partial charge in [-0.1, -0.05) is 0 Å². The fourth-order valence-corrected chi connectivity index (χ4v) is 1.77. The van der Waals surface area contributed by atoms with E-state index < -0.39 is 0 Å². The minimum absolute atomic E-state index is 0.0928. The molecule has 1 fully saturated rings. The topological polar surface area (TPSA) is 46.1 Å². The van der Waals surface area contributed by atoms with Crippen molar-refractivity contribution in [2.45, 2.75) is 6.42 Å². The van der Waals surface area contributed by atoms with Gasteiger partial charge in [0, 0.05) is 25.4 Å². The molecule has 14 heavy (non-hydrogen) atoms. The van der Waals surface area contributed by atoms with E-state index in [4.69, 9.17) is 0 Å². The fourth-order valence-electron chi connectivity index (χ4n) is 1.53. The van der Waals surface area contributed by atoms with Crippen LogP contribution in [-0.2, 0) is 4.79 Å². The van der Waals surface area contributed by atoms with E-state index in [9.17, 15) is 4.79 Å². The molecule has 74 valence electrons. The molecule has 1 aliphatic heterocycles. The summed E-state index contributed by atoms with van der Waals surface area (Å²) in [5.41, 5.74) is 0. The lowest BCUT2D eigenvalue weighted by Gasteiger charge is -2.12. The lowest BCUT2D eigenvalue weighted by molar-refractivity contribution is -0.117. The van der Waals surface area contributed by atoms with Gasteiger partial charge in [-0.25, -0.2) is 9.97 Å². The highest BCUT2D eigenvalue weighted by Gasteiger charge is 2.30. The largest absolute Gasteiger partial charge is 0.280 e. The highest BCUT2D eigenvalue weighted by Crippen LogP contribution is 2.21. The third-order valence-corrected chi connectivity index (χ3v) is 2.77. The summed E-state index contributed by atoms with van der Waals surface area (Å²) in [4.78, 5) is 21.3. The molecular formula is C9H11N3OS. The molecule has 0 radical (unpaired) electrons. The summed E-state index contributed by atoms with van der Waals surface area (Å²) in [6.45, 7) is 0.687. The lowest BCUT2D eigenvalue weighted by atomic mass is 10.1. The normalized spacial score (nSPS) is 21.6. The van der Waals surface area contributed by atoms with Crippen LogP contribution in [0.15, 0.2) is 18.5 Å². The number of carbonyl (C=O) groups is 1. The van der Waals surface area contributed by atoms with Gasteiger partial charge in [0.05, 0.1) is 0 Å². The zero-order chi connectivity index (χ0) is 9.97. The van der Waals surface area contributed by atoms with Crippen LogP contribution in [0.5, 0.6) is 0 Å². The molecule has 1 atom stereocenters. The van der Waals surface area contributed by atoms with Gasteiger partial charge in [-0.3, -0.25) is 9.69 Å². The predicted octanol–water partition coefficient (Wildman–Crippen LogP) is 0.759. The summed E-state index contributed by atoms with van der Waals surface area (Å²) in [7, 11) is 0. The van der Waals surface area contributed by atoms with E-state index in [-0.39, 0.29) is 5.91 Å². The Labute approximate surface area is 87.8 Å². The summed E-state index contributed by atoms with van der Waals surface area (Å²) in [6.07, 6.45) is 3.84. The van der Waals surface area contributed by atoms with Crippen molar-refractivity contribution >= 4 is 24.5 Å². The van der Waals surface area contributed by atoms with Crippen molar-refractivity contribution in [3.63, 3.8) is 0 Å². The molecule has 1 saturated heterocycles. The van der Waals surface area contributed by atoms with Crippen molar-refractivity contribution in [3.8, 4) is 0 Å². The van der Waals surface area contributed by atoms with E-state index >= 15 is 0 Å². The number of rotatable bonds is 2. The highest BCUT2D eigenvalue weighted by atomic mass is 32.1. The Morgan fingerprint density at radius 3 is 2.79 bits per heavy atom. The molecule has 1 aromatic heterocycles. The number of amides is 1. The number of carbonyl (C=O) groups excluding carboxylic acids is 1. The van der Waals surface area contributed by atoms with Gasteiger partial charge in [-0.05, 0) is 17.7 Å². The molecule has 1 unspecified atom stereocenters. The molecule has 5 heteroatoms. The van der Waals surface area contributed by atoms with Crippen LogP contribution in [-0.4, -0.2) is 28.2 Å². The van der Waals surface area contributed by atoms with Crippen LogP contribution in [0.2, 0.25) is 0 Å². The molecule has 1 aliphatic rings. The molecule has 0 N–H and O–H groups in total. The maximum Gasteiger partial charge on any atom is 0.232 e. The van der Waals surface area contributed by atoms with E-state index in [1.54, 1.807) is 23.4 Å². The van der Waals surface area contributed by atoms with Gasteiger partial charge in [0.1, 0.15) is 0 Å². The average Bonchev–Trinajstić information content (AvgIpc) is 2.61. The summed E-state index contributed by atoms with van der Waals surface area (Å²) in [5.74, 6) is 1.65. The number of aromatic nitrogens is 2. The van der Waals surface area contributed by atoms with Crippen molar-refractivity contribution in [2.75, 3.05) is 17.2 Å². The zero-order valence-electron chi connectivity index (χ0n) is 7.63. The van der Waals surface area contributed by atoms with Crippen molar-refractivity contribution in [2.24, 2.45) is 5.92 Å². The summed E-state index contributed by atoms with van der Waals surface area (Å²) < 4.78 is 0. The standard InChI is InChI=1S/C9H11N3OS/c13-8-4-7(6-14)5-12(8)9-10-2-1-3-11-9/h1-3,7,14H,4-6H2. The van der Waals surface area contributed by atoms with Crippen molar-refractivity contribution in [1.29, 1.82) is 0 Å². The van der Waals surface area contributed by atoms with Crippen LogP contribution in [0.25, 0.3) is 0 Å². The van der Waals surface area contributed by atoms with Crippen LogP contribution < -0.4 is 4.90 Å². The van der Waals surface area contributed by atoms with Gasteiger partial charge < -0.3 is 0 Å². The number of nitrogens with zero attached hydrogens (tertiary/aromatic N) is 3. The third kappa shape index (κ3) is 1.72. The molecule has 0 aliphatic carbocycles. The Morgan fingerprint density at radius 1 is 1.50 bits per heavy atom. The van der Waals surface area contributed by atoms with Crippen LogP contribution in [0.4, 0.5) is 5.95 Å². The molecule has 2 rings (SSSR count). The third-order valence-electron chi connectivity index (χ3n) is 2.26. The summed E-state index contributed by atoms with van der Waals surface area (Å²) in [5, 5.41) is 0. The van der Waals surface area contributed by atoms with Crippen molar-refractivity contribution in [1.82, 2.24) is 9.97 Å². The average molecular weight is 209 g/mol. The van der Waals surface area contributed by atoms with Gasteiger partial charge in [-0.2, -0.15) is 12.6 Å². The molecule has 0 spiro atoms. The Hall–Kier alpha value is -1.10. The van der Waals surface area contributed by atoms with Gasteiger partial charge >= 0.3 is 0 Å². The van der Waals surface area contributed by atoms with E-state index in [0.717, 1.165) is 5.75 Å². The molecule has 0 saturated carbocycles. The smallest absolute Gasteiger partial charge is 0.232 e. The Balaban J connectivity index is 2.17. The fraction of sp³-hybridized carbons (Fsp3) is 0.444. The second-order valence-corrected chi connectivity index (χ2v) is 3.67. The first kappa shape index (κ1) is 9.45. The SMILES string of the molecule is O=C1CC(CS)CN1c1ncccn1. The lowest BCUT2D eigenvalue weighted by Crippen LogP contribution is -2.26. The van der Waals surface area contributed by atoms with Crippen LogP contribution in [0.1, 0.15) is 6.42 Å². The van der Waals surface area contributed by atoms with Crippen LogP contribution >= 0.6 is 12.6 Å². The van der Waals surface area contributed by atoms with Crippen molar-refractivity contribution in [3.05, 3.63) is 18.5 Å². The predicted molar refractivity (Wildman–Crippen MR) is 56.3 cm³/mol. The number of anilines is 1. The molecule has 1 amide bonds. The number of hydrogen-bond acceptors (Lipinski definition) is 4. The van der Waals surface area contributed by atoms with Gasteiger partial charge in [0.15, 0.2) is 0 Å². The minimum atomic E-state index is 0.0928. The Morgan fingerprint density at radius 2 is 2.21 bits per heavy atom. The number of hydrogen-bond donors (Lipinski definition) is 1. The molecule has 0 aromatic carbocycles. The summed E-state index contributed by atoms with van der Waals surface area (Å²) >= 11 is 4.19. The monoisotopic (exact) mass is 209 g/mol. The van der Waals surface area contributed by atoms with E-state index in [1.165, 1.54) is 0 Å². The van der Waals surface area contributed by atoms with Gasteiger partial charge in [0.2, 0.25) is 11.9 Å². The van der Waals surface area contributed by atoms with Crippen LogP contribution in [0, 0.1) is 5.92 Å². The van der Waals surface area contributed by atoms with Gasteiger partial charge in [-0.15, -0.1) is 0 Å². The highest BCUT2D eigenvalue weighted by molar-refractivity contribution is 7.80. The van der Waals surface area contributed by atoms with Gasteiger partial charge in [0.25, 0.3) is 0 Å². The van der Waals surface area contributed by atoms with Crippen molar-refractivity contribution < 1.29 is 4.79 Å². The minimum Gasteiger partial charge on any atom is -0.280 e. The molecule has 0 bridgehead atoms. The maximum absolute atomic E-state index is 11.6. The first-order valence-corrected chi connectivity index (χ1v) is 5.12. The first-order chi connectivity index (χ1) is 6.81. The maximum atomic E-state index is 11.6. The Bertz CT molecular complexity index is 330. The first-order valence-electron chi connectivity index (χ1n) is 4.49.